The van der Waals surface area contributed by atoms with Gasteiger partial charge in [0.25, 0.3) is 0 Å². The van der Waals surface area contributed by atoms with Gasteiger partial charge in [-0.3, -0.25) is 0 Å². The Morgan fingerprint density at radius 1 is 0.917 bits per heavy atom. The Bertz CT molecular complexity index is 756. The third-order valence-electron chi connectivity index (χ3n) is 4.77. The molecule has 0 bridgehead atoms. The highest BCUT2D eigenvalue weighted by Gasteiger charge is 2.23. The Kier molecular flexibility index (Phi) is 4.58. The molecule has 0 N–H and O–H groups in total. The van der Waals surface area contributed by atoms with Crippen LogP contribution in [0, 0.1) is 0 Å². The van der Waals surface area contributed by atoms with E-state index in [0.29, 0.717) is 0 Å². The Morgan fingerprint density at radius 2 is 1.71 bits per heavy atom. The van der Waals surface area contributed by atoms with Crippen LogP contribution in [0.3, 0.4) is 0 Å². The second kappa shape index (κ2) is 6.99. The van der Waals surface area contributed by atoms with Crippen molar-refractivity contribution in [3.05, 3.63) is 54.1 Å². The second-order valence-corrected chi connectivity index (χ2v) is 7.36. The first kappa shape index (κ1) is 15.7. The van der Waals surface area contributed by atoms with Gasteiger partial charge in [-0.05, 0) is 37.7 Å². The molecule has 24 heavy (non-hydrogen) atoms. The molecule has 2 aromatic carbocycles. The van der Waals surface area contributed by atoms with E-state index in [0.717, 1.165) is 37.7 Å². The first-order chi connectivity index (χ1) is 11.8. The van der Waals surface area contributed by atoms with Crippen LogP contribution in [0.4, 0.5) is 5.69 Å². The Balaban J connectivity index is 1.76. The van der Waals surface area contributed by atoms with Crippen molar-refractivity contribution in [1.29, 1.82) is 0 Å². The Morgan fingerprint density at radius 3 is 2.58 bits per heavy atom. The summed E-state index contributed by atoms with van der Waals surface area (Å²) >= 11 is 1.83. The molecule has 2 aromatic rings. The van der Waals surface area contributed by atoms with Gasteiger partial charge in [-0.15, -0.1) is 0 Å². The lowest BCUT2D eigenvalue weighted by atomic mass is 10.1. The molecule has 2 aliphatic heterocycles. The van der Waals surface area contributed by atoms with Crippen LogP contribution in [0.25, 0.3) is 0 Å². The maximum absolute atomic E-state index is 5.10. The zero-order valence-electron chi connectivity index (χ0n) is 14.1. The third kappa shape index (κ3) is 3.08. The fourth-order valence-electron chi connectivity index (χ4n) is 3.41. The Hall–Kier alpha value is -1.78. The van der Waals surface area contributed by atoms with Crippen molar-refractivity contribution < 1.29 is 0 Å². The molecule has 1 saturated heterocycles. The summed E-state index contributed by atoms with van der Waals surface area (Å²) in [5, 5.41) is 0. The summed E-state index contributed by atoms with van der Waals surface area (Å²) in [6.07, 6.45) is 1.20. The second-order valence-electron chi connectivity index (χ2n) is 6.28. The quantitative estimate of drug-likeness (QED) is 0.775. The van der Waals surface area contributed by atoms with E-state index in [-0.39, 0.29) is 0 Å². The van der Waals surface area contributed by atoms with Crippen molar-refractivity contribution in [2.75, 3.05) is 32.7 Å². The van der Waals surface area contributed by atoms with Crippen LogP contribution in [0.2, 0.25) is 0 Å². The molecule has 4 heteroatoms. The van der Waals surface area contributed by atoms with E-state index in [1.54, 1.807) is 0 Å². The number of para-hydroxylation sites is 1. The molecule has 0 radical (unpaired) electrons. The molecule has 3 nitrogen and oxygen atoms in total. The van der Waals surface area contributed by atoms with Crippen molar-refractivity contribution in [3.8, 4) is 0 Å². The number of hydrogen-bond acceptors (Lipinski definition) is 4. The minimum Gasteiger partial charge on any atom is -0.355 e. The highest BCUT2D eigenvalue weighted by Crippen LogP contribution is 2.40. The van der Waals surface area contributed by atoms with Crippen LogP contribution in [-0.2, 0) is 0 Å². The molecule has 0 saturated carbocycles. The standard InChI is InChI=1S/C20H23N3S/c1-2-22-12-7-13-23(15-14-22)20-16-8-3-5-10-18(16)24-19-11-6-4-9-17(19)21-20/h3-6,8-11H,2,7,12-15H2,1H3. The predicted octanol–water partition coefficient (Wildman–Crippen LogP) is 4.26. The molecule has 124 valence electrons. The number of nitrogens with zero attached hydrogens (tertiary/aromatic N) is 3. The molecule has 0 aliphatic carbocycles. The van der Waals surface area contributed by atoms with Crippen molar-refractivity contribution >= 4 is 23.3 Å². The molecular formula is C20H23N3S. The zero-order valence-corrected chi connectivity index (χ0v) is 14.9. The highest BCUT2D eigenvalue weighted by atomic mass is 32.2. The van der Waals surface area contributed by atoms with Gasteiger partial charge in [-0.2, -0.15) is 0 Å². The fourth-order valence-corrected chi connectivity index (χ4v) is 4.43. The van der Waals surface area contributed by atoms with Gasteiger partial charge in [0.15, 0.2) is 0 Å². The number of aliphatic imine (C=N–C) groups is 1. The van der Waals surface area contributed by atoms with Crippen LogP contribution in [0.5, 0.6) is 0 Å². The van der Waals surface area contributed by atoms with Gasteiger partial charge in [0.1, 0.15) is 5.84 Å². The number of likely N-dealkylation sites (N-methyl/N-ethyl adjacent to an activating group) is 1. The monoisotopic (exact) mass is 337 g/mol. The largest absolute Gasteiger partial charge is 0.355 e. The van der Waals surface area contributed by atoms with Gasteiger partial charge in [0.05, 0.1) is 5.69 Å². The maximum Gasteiger partial charge on any atom is 0.137 e. The van der Waals surface area contributed by atoms with E-state index < -0.39 is 0 Å². The summed E-state index contributed by atoms with van der Waals surface area (Å²) in [6, 6.07) is 17.2. The van der Waals surface area contributed by atoms with Gasteiger partial charge in [0.2, 0.25) is 0 Å². The lowest BCUT2D eigenvalue weighted by Gasteiger charge is -2.25. The van der Waals surface area contributed by atoms with Gasteiger partial charge in [-0.1, -0.05) is 49.0 Å². The lowest BCUT2D eigenvalue weighted by molar-refractivity contribution is 0.301. The molecule has 0 spiro atoms. The minimum absolute atomic E-state index is 1.05. The molecule has 2 heterocycles. The predicted molar refractivity (Wildman–Crippen MR) is 102 cm³/mol. The summed E-state index contributed by atoms with van der Waals surface area (Å²) in [6.45, 7) is 7.82. The van der Waals surface area contributed by atoms with Crippen LogP contribution in [0.1, 0.15) is 18.9 Å². The van der Waals surface area contributed by atoms with Crippen molar-refractivity contribution in [2.45, 2.75) is 23.1 Å². The van der Waals surface area contributed by atoms with E-state index in [4.69, 9.17) is 4.99 Å². The van der Waals surface area contributed by atoms with Crippen LogP contribution in [0.15, 0.2) is 63.3 Å². The summed E-state index contributed by atoms with van der Waals surface area (Å²) in [5.74, 6) is 1.14. The average molecular weight is 337 g/mol. The van der Waals surface area contributed by atoms with Crippen molar-refractivity contribution in [3.63, 3.8) is 0 Å². The summed E-state index contributed by atoms with van der Waals surface area (Å²) in [5.41, 5.74) is 2.36. The minimum atomic E-state index is 1.05. The highest BCUT2D eigenvalue weighted by molar-refractivity contribution is 7.99. The van der Waals surface area contributed by atoms with Gasteiger partial charge in [-0.25, -0.2) is 4.99 Å². The number of benzene rings is 2. The van der Waals surface area contributed by atoms with Gasteiger partial charge in [0, 0.05) is 35.0 Å². The molecular weight excluding hydrogens is 314 g/mol. The molecule has 4 rings (SSSR count). The Labute approximate surface area is 148 Å². The number of rotatable bonds is 1. The first-order valence-corrected chi connectivity index (χ1v) is 9.59. The van der Waals surface area contributed by atoms with E-state index in [1.165, 1.54) is 28.3 Å². The topological polar surface area (TPSA) is 18.8 Å². The van der Waals surface area contributed by atoms with E-state index in [2.05, 4.69) is 65.3 Å². The molecule has 0 unspecified atom stereocenters. The van der Waals surface area contributed by atoms with Gasteiger partial charge >= 0.3 is 0 Å². The summed E-state index contributed by atoms with van der Waals surface area (Å²) in [7, 11) is 0. The van der Waals surface area contributed by atoms with E-state index in [1.807, 2.05) is 11.8 Å². The number of fused-ring (bicyclic) bond motifs is 2. The lowest BCUT2D eigenvalue weighted by Crippen LogP contribution is -2.35. The van der Waals surface area contributed by atoms with Crippen LogP contribution in [-0.4, -0.2) is 48.4 Å². The SMILES string of the molecule is CCN1CCCN(C2=Nc3ccccc3Sc3ccccc32)CC1. The maximum atomic E-state index is 5.10. The summed E-state index contributed by atoms with van der Waals surface area (Å²) in [4.78, 5) is 12.7. The molecule has 2 aliphatic rings. The normalized spacial score (nSPS) is 18.2. The first-order valence-electron chi connectivity index (χ1n) is 8.77. The average Bonchev–Trinajstić information content (AvgIpc) is 2.95. The van der Waals surface area contributed by atoms with E-state index in [9.17, 15) is 0 Å². The van der Waals surface area contributed by atoms with Crippen molar-refractivity contribution in [2.24, 2.45) is 4.99 Å². The van der Waals surface area contributed by atoms with E-state index >= 15 is 0 Å². The smallest absolute Gasteiger partial charge is 0.137 e. The molecule has 0 amide bonds. The van der Waals surface area contributed by atoms with Crippen LogP contribution >= 0.6 is 11.8 Å². The molecule has 0 aromatic heterocycles. The summed E-state index contributed by atoms with van der Waals surface area (Å²) < 4.78 is 0. The number of hydrogen-bond donors (Lipinski definition) is 0. The third-order valence-corrected chi connectivity index (χ3v) is 5.92. The van der Waals surface area contributed by atoms with Gasteiger partial charge < -0.3 is 9.80 Å². The zero-order chi connectivity index (χ0) is 16.4. The fraction of sp³-hybridized carbons (Fsp3) is 0.350. The van der Waals surface area contributed by atoms with Crippen LogP contribution < -0.4 is 0 Å². The molecule has 0 atom stereocenters. The number of amidine groups is 1. The van der Waals surface area contributed by atoms with Crippen molar-refractivity contribution in [1.82, 2.24) is 9.80 Å². The molecule has 1 fully saturated rings.